The van der Waals surface area contributed by atoms with E-state index in [0.717, 1.165) is 11.5 Å². The highest BCUT2D eigenvalue weighted by atomic mass is 16.5. The molecule has 1 fully saturated rings. The molecule has 17 heavy (non-hydrogen) atoms. The minimum atomic E-state index is 0.321. The molecule has 0 bridgehead atoms. The average Bonchev–Trinajstić information content (AvgIpc) is 2.32. The van der Waals surface area contributed by atoms with Crippen LogP contribution in [0, 0.1) is 0 Å². The van der Waals surface area contributed by atoms with Crippen LogP contribution in [0.25, 0.3) is 0 Å². The largest absolute Gasteiger partial charge is 0.497 e. The van der Waals surface area contributed by atoms with Crippen molar-refractivity contribution in [3.63, 3.8) is 0 Å². The SMILES string of the molecule is COc1ccc(C(C)NC2CCC2)c(OC)c1. The van der Waals surface area contributed by atoms with Gasteiger partial charge in [-0.3, -0.25) is 0 Å². The van der Waals surface area contributed by atoms with Crippen LogP contribution in [0.5, 0.6) is 11.5 Å². The molecule has 1 unspecified atom stereocenters. The maximum absolute atomic E-state index is 5.42. The first-order chi connectivity index (χ1) is 8.24. The Hall–Kier alpha value is -1.22. The van der Waals surface area contributed by atoms with Crippen molar-refractivity contribution < 1.29 is 9.47 Å². The number of rotatable bonds is 5. The second-order valence-electron chi connectivity index (χ2n) is 4.62. The van der Waals surface area contributed by atoms with Crippen molar-refractivity contribution in [2.24, 2.45) is 0 Å². The molecule has 1 aromatic carbocycles. The Labute approximate surface area is 103 Å². The Morgan fingerprint density at radius 1 is 1.24 bits per heavy atom. The molecule has 94 valence electrons. The van der Waals surface area contributed by atoms with Crippen molar-refractivity contribution in [2.75, 3.05) is 14.2 Å². The number of methoxy groups -OCH3 is 2. The van der Waals surface area contributed by atoms with Gasteiger partial charge in [-0.15, -0.1) is 0 Å². The van der Waals surface area contributed by atoms with Crippen LogP contribution in [-0.2, 0) is 0 Å². The first-order valence-electron chi connectivity index (χ1n) is 6.22. The number of nitrogens with one attached hydrogen (secondary N) is 1. The van der Waals surface area contributed by atoms with E-state index in [2.05, 4.69) is 18.3 Å². The summed E-state index contributed by atoms with van der Waals surface area (Å²) < 4.78 is 10.6. The minimum absolute atomic E-state index is 0.321. The van der Waals surface area contributed by atoms with Gasteiger partial charge in [0, 0.05) is 23.7 Å². The molecule has 1 N–H and O–H groups in total. The summed E-state index contributed by atoms with van der Waals surface area (Å²) in [5.41, 5.74) is 1.19. The van der Waals surface area contributed by atoms with Gasteiger partial charge in [0.2, 0.25) is 0 Å². The second kappa shape index (κ2) is 5.41. The van der Waals surface area contributed by atoms with Gasteiger partial charge in [-0.25, -0.2) is 0 Å². The fourth-order valence-corrected chi connectivity index (χ4v) is 2.19. The van der Waals surface area contributed by atoms with Gasteiger partial charge in [-0.1, -0.05) is 12.5 Å². The molecule has 3 nitrogen and oxygen atoms in total. The minimum Gasteiger partial charge on any atom is -0.497 e. The summed E-state index contributed by atoms with van der Waals surface area (Å²) in [6.45, 7) is 2.18. The summed E-state index contributed by atoms with van der Waals surface area (Å²) in [6.07, 6.45) is 3.94. The van der Waals surface area contributed by atoms with Gasteiger partial charge < -0.3 is 14.8 Å². The highest BCUT2D eigenvalue weighted by Gasteiger charge is 2.21. The van der Waals surface area contributed by atoms with Crippen molar-refractivity contribution in [3.05, 3.63) is 23.8 Å². The molecule has 0 heterocycles. The van der Waals surface area contributed by atoms with Crippen LogP contribution in [0.2, 0.25) is 0 Å². The lowest BCUT2D eigenvalue weighted by Gasteiger charge is -2.30. The molecule has 0 amide bonds. The molecule has 1 saturated carbocycles. The highest BCUT2D eigenvalue weighted by Crippen LogP contribution is 2.31. The maximum atomic E-state index is 5.42. The molecule has 3 heteroatoms. The summed E-state index contributed by atoms with van der Waals surface area (Å²) in [7, 11) is 3.37. The molecular formula is C14H21NO2. The smallest absolute Gasteiger partial charge is 0.127 e. The Kier molecular flexibility index (Phi) is 3.89. The Bertz CT molecular complexity index is 374. The zero-order valence-electron chi connectivity index (χ0n) is 10.8. The van der Waals surface area contributed by atoms with Gasteiger partial charge in [-0.05, 0) is 25.8 Å². The van der Waals surface area contributed by atoms with E-state index in [1.807, 2.05) is 12.1 Å². The quantitative estimate of drug-likeness (QED) is 0.851. The van der Waals surface area contributed by atoms with Crippen LogP contribution in [-0.4, -0.2) is 20.3 Å². The lowest BCUT2D eigenvalue weighted by atomic mass is 9.91. The molecule has 1 atom stereocenters. The van der Waals surface area contributed by atoms with Gasteiger partial charge >= 0.3 is 0 Å². The van der Waals surface area contributed by atoms with E-state index in [1.165, 1.54) is 24.8 Å². The van der Waals surface area contributed by atoms with Gasteiger partial charge in [0.1, 0.15) is 11.5 Å². The summed E-state index contributed by atoms with van der Waals surface area (Å²) in [5, 5.41) is 3.62. The number of hydrogen-bond acceptors (Lipinski definition) is 3. The fraction of sp³-hybridized carbons (Fsp3) is 0.571. The molecule has 0 radical (unpaired) electrons. The number of benzene rings is 1. The monoisotopic (exact) mass is 235 g/mol. The van der Waals surface area contributed by atoms with Crippen LogP contribution in [0.15, 0.2) is 18.2 Å². The molecule has 1 aliphatic carbocycles. The van der Waals surface area contributed by atoms with Crippen molar-refractivity contribution in [3.8, 4) is 11.5 Å². The van der Waals surface area contributed by atoms with Crippen LogP contribution in [0.3, 0.4) is 0 Å². The van der Waals surface area contributed by atoms with E-state index in [0.29, 0.717) is 12.1 Å². The van der Waals surface area contributed by atoms with Gasteiger partial charge in [-0.2, -0.15) is 0 Å². The number of ether oxygens (including phenoxy) is 2. The summed E-state index contributed by atoms with van der Waals surface area (Å²) >= 11 is 0. The summed E-state index contributed by atoms with van der Waals surface area (Å²) in [4.78, 5) is 0. The van der Waals surface area contributed by atoms with E-state index in [1.54, 1.807) is 14.2 Å². The van der Waals surface area contributed by atoms with E-state index in [-0.39, 0.29) is 0 Å². The average molecular weight is 235 g/mol. The third-order valence-electron chi connectivity index (χ3n) is 3.50. The van der Waals surface area contributed by atoms with E-state index < -0.39 is 0 Å². The van der Waals surface area contributed by atoms with Gasteiger partial charge in [0.15, 0.2) is 0 Å². The van der Waals surface area contributed by atoms with Crippen molar-refractivity contribution in [1.82, 2.24) is 5.32 Å². The molecular weight excluding hydrogens is 214 g/mol. The van der Waals surface area contributed by atoms with Crippen LogP contribution >= 0.6 is 0 Å². The first-order valence-corrected chi connectivity index (χ1v) is 6.22. The molecule has 0 aromatic heterocycles. The fourth-order valence-electron chi connectivity index (χ4n) is 2.19. The molecule has 1 aromatic rings. The molecule has 2 rings (SSSR count). The predicted octanol–water partition coefficient (Wildman–Crippen LogP) is 2.91. The van der Waals surface area contributed by atoms with Crippen LogP contribution < -0.4 is 14.8 Å². The van der Waals surface area contributed by atoms with E-state index in [9.17, 15) is 0 Å². The molecule has 1 aliphatic rings. The van der Waals surface area contributed by atoms with Crippen LogP contribution in [0.1, 0.15) is 37.8 Å². The highest BCUT2D eigenvalue weighted by molar-refractivity contribution is 5.42. The standard InChI is InChI=1S/C14H21NO2/c1-10(15-11-5-4-6-11)13-8-7-12(16-2)9-14(13)17-3/h7-11,15H,4-6H2,1-3H3. The molecule has 0 saturated heterocycles. The van der Waals surface area contributed by atoms with Crippen molar-refractivity contribution in [1.29, 1.82) is 0 Å². The van der Waals surface area contributed by atoms with Gasteiger partial charge in [0.25, 0.3) is 0 Å². The maximum Gasteiger partial charge on any atom is 0.127 e. The van der Waals surface area contributed by atoms with E-state index >= 15 is 0 Å². The third-order valence-corrected chi connectivity index (χ3v) is 3.50. The zero-order chi connectivity index (χ0) is 12.3. The second-order valence-corrected chi connectivity index (χ2v) is 4.62. The lowest BCUT2D eigenvalue weighted by molar-refractivity contribution is 0.308. The lowest BCUT2D eigenvalue weighted by Crippen LogP contribution is -2.36. The Morgan fingerprint density at radius 2 is 2.00 bits per heavy atom. The first kappa shape index (κ1) is 12.2. The zero-order valence-corrected chi connectivity index (χ0v) is 10.8. The molecule has 0 spiro atoms. The normalized spacial score (nSPS) is 17.4. The molecule has 0 aliphatic heterocycles. The summed E-state index contributed by atoms with van der Waals surface area (Å²) in [6, 6.07) is 7.00. The van der Waals surface area contributed by atoms with Gasteiger partial charge in [0.05, 0.1) is 14.2 Å². The third kappa shape index (κ3) is 2.72. The van der Waals surface area contributed by atoms with Crippen molar-refractivity contribution in [2.45, 2.75) is 38.3 Å². The Morgan fingerprint density at radius 3 is 2.53 bits per heavy atom. The predicted molar refractivity (Wildman–Crippen MR) is 68.7 cm³/mol. The van der Waals surface area contributed by atoms with E-state index in [4.69, 9.17) is 9.47 Å². The van der Waals surface area contributed by atoms with Crippen molar-refractivity contribution >= 4 is 0 Å². The topological polar surface area (TPSA) is 30.5 Å². The van der Waals surface area contributed by atoms with Crippen LogP contribution in [0.4, 0.5) is 0 Å². The number of hydrogen-bond donors (Lipinski definition) is 1. The Balaban J connectivity index is 2.12. The summed E-state index contributed by atoms with van der Waals surface area (Å²) in [5.74, 6) is 1.73.